The van der Waals surface area contributed by atoms with Crippen molar-refractivity contribution in [1.82, 2.24) is 0 Å². The van der Waals surface area contributed by atoms with Crippen molar-refractivity contribution in [1.29, 1.82) is 0 Å². The average Bonchev–Trinajstić information content (AvgIpc) is 2.60. The molecule has 0 heterocycles. The number of hydrogen-bond donors (Lipinski definition) is 1. The van der Waals surface area contributed by atoms with Gasteiger partial charge in [0.2, 0.25) is 0 Å². The van der Waals surface area contributed by atoms with E-state index in [1.807, 2.05) is 55.2 Å². The predicted molar refractivity (Wildman–Crippen MR) is 102 cm³/mol. The molecular formula is C19H24N2OS. The lowest BCUT2D eigenvalue weighted by molar-refractivity contribution is 0.102. The maximum Gasteiger partial charge on any atom is 0.255 e. The summed E-state index contributed by atoms with van der Waals surface area (Å²) in [4.78, 5) is 14.4. The summed E-state index contributed by atoms with van der Waals surface area (Å²) in [7, 11) is 2.04. The molecule has 23 heavy (non-hydrogen) atoms. The SMILES string of the molecule is CCN(C)c1ccc(C(=O)Nc2ccc(CCSC)cc2)cc1. The maximum atomic E-state index is 12.3. The van der Waals surface area contributed by atoms with Gasteiger partial charge in [0.05, 0.1) is 0 Å². The molecule has 0 atom stereocenters. The van der Waals surface area contributed by atoms with E-state index in [9.17, 15) is 4.79 Å². The number of benzene rings is 2. The summed E-state index contributed by atoms with van der Waals surface area (Å²) in [6.45, 7) is 3.04. The molecule has 0 fully saturated rings. The normalized spacial score (nSPS) is 10.4. The lowest BCUT2D eigenvalue weighted by Gasteiger charge is -2.16. The maximum absolute atomic E-state index is 12.3. The number of carbonyl (C=O) groups is 1. The van der Waals surface area contributed by atoms with Crippen molar-refractivity contribution >= 4 is 29.0 Å². The number of thioether (sulfide) groups is 1. The highest BCUT2D eigenvalue weighted by molar-refractivity contribution is 7.98. The molecule has 0 aliphatic carbocycles. The average molecular weight is 328 g/mol. The Bertz CT molecular complexity index is 623. The van der Waals surface area contributed by atoms with Gasteiger partial charge >= 0.3 is 0 Å². The first kappa shape index (κ1) is 17.4. The summed E-state index contributed by atoms with van der Waals surface area (Å²) in [6, 6.07) is 15.8. The third kappa shape index (κ3) is 5.03. The van der Waals surface area contributed by atoms with E-state index >= 15 is 0 Å². The predicted octanol–water partition coefficient (Wildman–Crippen LogP) is 4.30. The van der Waals surface area contributed by atoms with Crippen LogP contribution in [0.4, 0.5) is 11.4 Å². The van der Waals surface area contributed by atoms with Gasteiger partial charge in [-0.2, -0.15) is 11.8 Å². The van der Waals surface area contributed by atoms with Gasteiger partial charge in [0.15, 0.2) is 0 Å². The fourth-order valence-electron chi connectivity index (χ4n) is 2.23. The van der Waals surface area contributed by atoms with Gasteiger partial charge in [-0.25, -0.2) is 0 Å². The number of hydrogen-bond acceptors (Lipinski definition) is 3. The lowest BCUT2D eigenvalue weighted by Crippen LogP contribution is -2.16. The molecule has 0 aliphatic rings. The molecule has 0 saturated heterocycles. The van der Waals surface area contributed by atoms with Gasteiger partial charge in [-0.05, 0) is 67.3 Å². The molecule has 0 aliphatic heterocycles. The summed E-state index contributed by atoms with van der Waals surface area (Å²) in [5.74, 6) is 1.04. The van der Waals surface area contributed by atoms with Crippen LogP contribution >= 0.6 is 11.8 Å². The molecule has 0 bridgehead atoms. The van der Waals surface area contributed by atoms with Gasteiger partial charge in [-0.3, -0.25) is 4.79 Å². The minimum atomic E-state index is -0.0763. The van der Waals surface area contributed by atoms with Crippen molar-refractivity contribution in [2.45, 2.75) is 13.3 Å². The zero-order valence-electron chi connectivity index (χ0n) is 14.0. The second-order valence-corrected chi connectivity index (χ2v) is 6.44. The van der Waals surface area contributed by atoms with E-state index in [2.05, 4.69) is 35.5 Å². The van der Waals surface area contributed by atoms with Crippen molar-refractivity contribution in [3.05, 3.63) is 59.7 Å². The van der Waals surface area contributed by atoms with Gasteiger partial charge in [0.1, 0.15) is 0 Å². The Morgan fingerprint density at radius 1 is 1.09 bits per heavy atom. The molecule has 4 heteroatoms. The van der Waals surface area contributed by atoms with Crippen LogP contribution < -0.4 is 10.2 Å². The van der Waals surface area contributed by atoms with Crippen molar-refractivity contribution in [3.63, 3.8) is 0 Å². The summed E-state index contributed by atoms with van der Waals surface area (Å²) in [6.07, 6.45) is 3.17. The smallest absolute Gasteiger partial charge is 0.255 e. The first-order valence-electron chi connectivity index (χ1n) is 7.84. The van der Waals surface area contributed by atoms with E-state index < -0.39 is 0 Å². The van der Waals surface area contributed by atoms with E-state index in [-0.39, 0.29) is 5.91 Å². The molecule has 2 aromatic rings. The highest BCUT2D eigenvalue weighted by atomic mass is 32.2. The molecule has 2 aromatic carbocycles. The largest absolute Gasteiger partial charge is 0.375 e. The standard InChI is InChI=1S/C19H24N2OS/c1-4-21(2)18-11-7-16(8-12-18)19(22)20-17-9-5-15(6-10-17)13-14-23-3/h5-12H,4,13-14H2,1-3H3,(H,20,22). The second-order valence-electron chi connectivity index (χ2n) is 5.45. The van der Waals surface area contributed by atoms with Gasteiger partial charge in [-0.15, -0.1) is 0 Å². The van der Waals surface area contributed by atoms with Crippen LogP contribution in [0.15, 0.2) is 48.5 Å². The van der Waals surface area contributed by atoms with Gasteiger partial charge in [0, 0.05) is 30.5 Å². The number of anilines is 2. The van der Waals surface area contributed by atoms with Crippen LogP contribution in [0.5, 0.6) is 0 Å². The van der Waals surface area contributed by atoms with Crippen molar-refractivity contribution in [2.24, 2.45) is 0 Å². The molecule has 122 valence electrons. The lowest BCUT2D eigenvalue weighted by atomic mass is 10.1. The molecular weight excluding hydrogens is 304 g/mol. The highest BCUT2D eigenvalue weighted by Gasteiger charge is 2.07. The zero-order valence-corrected chi connectivity index (χ0v) is 14.8. The molecule has 0 unspecified atom stereocenters. The van der Waals surface area contributed by atoms with Crippen LogP contribution in [0.2, 0.25) is 0 Å². The minimum Gasteiger partial charge on any atom is -0.375 e. The van der Waals surface area contributed by atoms with Gasteiger partial charge < -0.3 is 10.2 Å². The van der Waals surface area contributed by atoms with Crippen LogP contribution in [0.25, 0.3) is 0 Å². The molecule has 3 nitrogen and oxygen atoms in total. The Morgan fingerprint density at radius 3 is 2.30 bits per heavy atom. The first-order chi connectivity index (χ1) is 11.1. The van der Waals surface area contributed by atoms with E-state index in [1.165, 1.54) is 5.56 Å². The van der Waals surface area contributed by atoms with Gasteiger partial charge in [-0.1, -0.05) is 12.1 Å². The number of amides is 1. The summed E-state index contributed by atoms with van der Waals surface area (Å²) in [5.41, 5.74) is 3.91. The van der Waals surface area contributed by atoms with E-state index in [0.717, 1.165) is 30.1 Å². The number of rotatable bonds is 7. The number of nitrogens with zero attached hydrogens (tertiary/aromatic N) is 1. The Balaban J connectivity index is 1.98. The monoisotopic (exact) mass is 328 g/mol. The van der Waals surface area contributed by atoms with Crippen LogP contribution in [-0.4, -0.2) is 31.5 Å². The first-order valence-corrected chi connectivity index (χ1v) is 9.24. The summed E-state index contributed by atoms with van der Waals surface area (Å²) in [5, 5.41) is 2.95. The van der Waals surface area contributed by atoms with Crippen molar-refractivity contribution in [3.8, 4) is 0 Å². The molecule has 2 rings (SSSR count). The molecule has 0 saturated carbocycles. The molecule has 0 aromatic heterocycles. The number of aryl methyl sites for hydroxylation is 1. The second kappa shape index (κ2) is 8.63. The van der Waals surface area contributed by atoms with Crippen LogP contribution in [0, 0.1) is 0 Å². The third-order valence-electron chi connectivity index (χ3n) is 3.85. The zero-order chi connectivity index (χ0) is 16.7. The Labute approximate surface area is 143 Å². The highest BCUT2D eigenvalue weighted by Crippen LogP contribution is 2.16. The number of carbonyl (C=O) groups excluding carboxylic acids is 1. The van der Waals surface area contributed by atoms with Gasteiger partial charge in [0.25, 0.3) is 5.91 Å². The quantitative estimate of drug-likeness (QED) is 0.822. The Hall–Kier alpha value is -1.94. The molecule has 0 radical (unpaired) electrons. The Morgan fingerprint density at radius 2 is 1.74 bits per heavy atom. The van der Waals surface area contributed by atoms with Crippen LogP contribution in [0.3, 0.4) is 0 Å². The van der Waals surface area contributed by atoms with E-state index in [1.54, 1.807) is 0 Å². The topological polar surface area (TPSA) is 32.3 Å². The summed E-state index contributed by atoms with van der Waals surface area (Å²) >= 11 is 1.84. The Kier molecular flexibility index (Phi) is 6.53. The minimum absolute atomic E-state index is 0.0763. The fraction of sp³-hybridized carbons (Fsp3) is 0.316. The van der Waals surface area contributed by atoms with E-state index in [4.69, 9.17) is 0 Å². The summed E-state index contributed by atoms with van der Waals surface area (Å²) < 4.78 is 0. The van der Waals surface area contributed by atoms with Crippen LogP contribution in [-0.2, 0) is 6.42 Å². The van der Waals surface area contributed by atoms with Crippen molar-refractivity contribution < 1.29 is 4.79 Å². The van der Waals surface area contributed by atoms with E-state index in [0.29, 0.717) is 5.56 Å². The molecule has 1 amide bonds. The van der Waals surface area contributed by atoms with Crippen molar-refractivity contribution in [2.75, 3.05) is 35.8 Å². The molecule has 1 N–H and O–H groups in total. The fourth-order valence-corrected chi connectivity index (χ4v) is 2.67. The number of nitrogens with one attached hydrogen (secondary N) is 1. The van der Waals surface area contributed by atoms with Crippen LogP contribution in [0.1, 0.15) is 22.8 Å². The third-order valence-corrected chi connectivity index (χ3v) is 4.46. The molecule has 0 spiro atoms.